The summed E-state index contributed by atoms with van der Waals surface area (Å²) in [7, 11) is 0. The third-order valence-electron chi connectivity index (χ3n) is 1.98. The van der Waals surface area contributed by atoms with Gasteiger partial charge in [0.25, 0.3) is 0 Å². The topological polar surface area (TPSA) is 94.4 Å². The number of nitrogens with zero attached hydrogens (tertiary/aromatic N) is 1. The van der Waals surface area contributed by atoms with E-state index in [9.17, 15) is 4.79 Å². The first-order valence-corrected chi connectivity index (χ1v) is 6.09. The second-order valence-electron chi connectivity index (χ2n) is 4.93. The highest BCUT2D eigenvalue weighted by Crippen LogP contribution is 2.06. The quantitative estimate of drug-likeness (QED) is 0.585. The maximum absolute atomic E-state index is 11.3. The standard InChI is InChI=1S/C12H23N3O3/c1-12(2,3)18-11(17)15-7-5-10(9-13)14-6-4-8-16/h10,14,16H,4-8H2,1-3H3,(H,15,17). The Morgan fingerprint density at radius 2 is 2.11 bits per heavy atom. The van der Waals surface area contributed by atoms with Crippen molar-refractivity contribution in [2.45, 2.75) is 45.3 Å². The Morgan fingerprint density at radius 3 is 2.61 bits per heavy atom. The fourth-order valence-electron chi connectivity index (χ4n) is 1.20. The third kappa shape index (κ3) is 9.87. The molecule has 0 radical (unpaired) electrons. The van der Waals surface area contributed by atoms with E-state index in [2.05, 4.69) is 16.7 Å². The smallest absolute Gasteiger partial charge is 0.407 e. The highest BCUT2D eigenvalue weighted by Gasteiger charge is 2.16. The molecule has 1 atom stereocenters. The zero-order chi connectivity index (χ0) is 14.0. The predicted octanol–water partition coefficient (Wildman–Crippen LogP) is 0.765. The molecule has 0 heterocycles. The van der Waals surface area contributed by atoms with E-state index in [-0.39, 0.29) is 12.6 Å². The van der Waals surface area contributed by atoms with Crippen molar-refractivity contribution < 1.29 is 14.6 Å². The summed E-state index contributed by atoms with van der Waals surface area (Å²) in [6.45, 7) is 6.44. The molecule has 104 valence electrons. The van der Waals surface area contributed by atoms with E-state index in [0.717, 1.165) is 0 Å². The molecule has 0 saturated heterocycles. The number of carbonyl (C=O) groups excluding carboxylic acids is 1. The Kier molecular flexibility index (Phi) is 8.08. The van der Waals surface area contributed by atoms with Crippen LogP contribution < -0.4 is 10.6 Å². The van der Waals surface area contributed by atoms with Gasteiger partial charge in [0.05, 0.1) is 12.1 Å². The van der Waals surface area contributed by atoms with Crippen LogP contribution in [0.15, 0.2) is 0 Å². The molecule has 0 saturated carbocycles. The Hall–Kier alpha value is -1.32. The highest BCUT2D eigenvalue weighted by molar-refractivity contribution is 5.67. The summed E-state index contributed by atoms with van der Waals surface area (Å²) >= 11 is 0. The van der Waals surface area contributed by atoms with Crippen LogP contribution in [0, 0.1) is 11.3 Å². The molecule has 1 amide bonds. The lowest BCUT2D eigenvalue weighted by Crippen LogP contribution is -2.36. The fourth-order valence-corrected chi connectivity index (χ4v) is 1.20. The molecule has 0 aliphatic rings. The van der Waals surface area contributed by atoms with Crippen LogP contribution in [-0.4, -0.2) is 42.5 Å². The Balaban J connectivity index is 3.74. The van der Waals surface area contributed by atoms with Crippen LogP contribution >= 0.6 is 0 Å². The molecular weight excluding hydrogens is 234 g/mol. The first kappa shape index (κ1) is 16.7. The van der Waals surface area contributed by atoms with E-state index < -0.39 is 11.7 Å². The number of hydrogen-bond acceptors (Lipinski definition) is 5. The molecule has 0 spiro atoms. The summed E-state index contributed by atoms with van der Waals surface area (Å²) in [6, 6.07) is 1.77. The molecule has 0 bridgehead atoms. The second-order valence-corrected chi connectivity index (χ2v) is 4.93. The van der Waals surface area contributed by atoms with Gasteiger partial charge in [0, 0.05) is 13.2 Å². The zero-order valence-corrected chi connectivity index (χ0v) is 11.3. The molecule has 0 aromatic carbocycles. The molecule has 0 aliphatic heterocycles. The minimum atomic E-state index is -0.516. The van der Waals surface area contributed by atoms with E-state index in [1.165, 1.54) is 0 Å². The van der Waals surface area contributed by atoms with Crippen LogP contribution in [0.1, 0.15) is 33.6 Å². The Labute approximate surface area is 108 Å². The van der Waals surface area contributed by atoms with E-state index >= 15 is 0 Å². The van der Waals surface area contributed by atoms with Gasteiger partial charge in [-0.25, -0.2) is 4.79 Å². The van der Waals surface area contributed by atoms with E-state index in [1.807, 2.05) is 0 Å². The van der Waals surface area contributed by atoms with Crippen LogP contribution in [0.2, 0.25) is 0 Å². The van der Waals surface area contributed by atoms with Crippen molar-refractivity contribution >= 4 is 6.09 Å². The average Bonchev–Trinajstić information content (AvgIpc) is 2.24. The first-order chi connectivity index (χ1) is 8.39. The van der Waals surface area contributed by atoms with Crippen molar-refractivity contribution in [2.24, 2.45) is 0 Å². The van der Waals surface area contributed by atoms with E-state index in [1.54, 1.807) is 20.8 Å². The van der Waals surface area contributed by atoms with Crippen molar-refractivity contribution in [1.82, 2.24) is 10.6 Å². The van der Waals surface area contributed by atoms with Crippen LogP contribution in [0.5, 0.6) is 0 Å². The number of carbonyl (C=O) groups is 1. The second kappa shape index (κ2) is 8.72. The van der Waals surface area contributed by atoms with Gasteiger partial charge in [-0.15, -0.1) is 0 Å². The number of nitriles is 1. The number of nitrogens with one attached hydrogen (secondary N) is 2. The minimum Gasteiger partial charge on any atom is -0.444 e. The number of hydrogen-bond donors (Lipinski definition) is 3. The maximum atomic E-state index is 11.3. The van der Waals surface area contributed by atoms with Gasteiger partial charge in [-0.2, -0.15) is 5.26 Å². The molecule has 0 fully saturated rings. The van der Waals surface area contributed by atoms with Crippen LogP contribution in [0.4, 0.5) is 4.79 Å². The van der Waals surface area contributed by atoms with Crippen LogP contribution in [0.3, 0.4) is 0 Å². The summed E-state index contributed by atoms with van der Waals surface area (Å²) in [6.07, 6.45) is 0.633. The molecule has 6 nitrogen and oxygen atoms in total. The number of aliphatic hydroxyl groups is 1. The van der Waals surface area contributed by atoms with Crippen LogP contribution in [0.25, 0.3) is 0 Å². The molecule has 0 aliphatic carbocycles. The molecule has 0 rings (SSSR count). The normalized spacial score (nSPS) is 12.6. The largest absolute Gasteiger partial charge is 0.444 e. The molecule has 0 aromatic rings. The summed E-state index contributed by atoms with van der Waals surface area (Å²) in [5, 5.41) is 23.0. The Bertz CT molecular complexity index is 281. The summed E-state index contributed by atoms with van der Waals surface area (Å²) in [5.41, 5.74) is -0.516. The number of alkyl carbamates (subject to hydrolysis) is 1. The van der Waals surface area contributed by atoms with Crippen molar-refractivity contribution in [3.63, 3.8) is 0 Å². The van der Waals surface area contributed by atoms with Gasteiger partial charge in [-0.3, -0.25) is 0 Å². The SMILES string of the molecule is CC(C)(C)OC(=O)NCCC(C#N)NCCCO. The first-order valence-electron chi connectivity index (χ1n) is 6.09. The van der Waals surface area contributed by atoms with Gasteiger partial charge in [-0.05, 0) is 40.2 Å². The van der Waals surface area contributed by atoms with Gasteiger partial charge in [0.15, 0.2) is 0 Å². The molecule has 0 aromatic heterocycles. The number of aliphatic hydroxyl groups excluding tert-OH is 1. The van der Waals surface area contributed by atoms with Gasteiger partial charge < -0.3 is 20.5 Å². The lowest BCUT2D eigenvalue weighted by atomic mass is 10.2. The summed E-state index contributed by atoms with van der Waals surface area (Å²) in [5.74, 6) is 0. The molecular formula is C12H23N3O3. The van der Waals surface area contributed by atoms with Crippen LogP contribution in [-0.2, 0) is 4.74 Å². The highest BCUT2D eigenvalue weighted by atomic mass is 16.6. The summed E-state index contributed by atoms with van der Waals surface area (Å²) < 4.78 is 5.07. The van der Waals surface area contributed by atoms with Crippen molar-refractivity contribution in [1.29, 1.82) is 5.26 Å². The van der Waals surface area contributed by atoms with Gasteiger partial charge in [-0.1, -0.05) is 0 Å². The molecule has 18 heavy (non-hydrogen) atoms. The number of ether oxygens (including phenoxy) is 1. The van der Waals surface area contributed by atoms with E-state index in [0.29, 0.717) is 25.9 Å². The van der Waals surface area contributed by atoms with E-state index in [4.69, 9.17) is 15.1 Å². The molecule has 6 heteroatoms. The maximum Gasteiger partial charge on any atom is 0.407 e. The number of amides is 1. The van der Waals surface area contributed by atoms with Crippen molar-refractivity contribution in [3.8, 4) is 6.07 Å². The molecule has 3 N–H and O–H groups in total. The third-order valence-corrected chi connectivity index (χ3v) is 1.98. The fraction of sp³-hybridized carbons (Fsp3) is 0.833. The predicted molar refractivity (Wildman–Crippen MR) is 68.0 cm³/mol. The van der Waals surface area contributed by atoms with Crippen molar-refractivity contribution in [3.05, 3.63) is 0 Å². The lowest BCUT2D eigenvalue weighted by molar-refractivity contribution is 0.0526. The lowest BCUT2D eigenvalue weighted by Gasteiger charge is -2.20. The number of rotatable bonds is 7. The monoisotopic (exact) mass is 257 g/mol. The Morgan fingerprint density at radius 1 is 1.44 bits per heavy atom. The summed E-state index contributed by atoms with van der Waals surface area (Å²) in [4.78, 5) is 11.3. The zero-order valence-electron chi connectivity index (χ0n) is 11.3. The van der Waals surface area contributed by atoms with Crippen molar-refractivity contribution in [2.75, 3.05) is 19.7 Å². The van der Waals surface area contributed by atoms with Gasteiger partial charge in [0.1, 0.15) is 5.60 Å². The minimum absolute atomic E-state index is 0.0985. The van der Waals surface area contributed by atoms with Gasteiger partial charge >= 0.3 is 6.09 Å². The molecule has 1 unspecified atom stereocenters. The van der Waals surface area contributed by atoms with Gasteiger partial charge in [0.2, 0.25) is 0 Å². The average molecular weight is 257 g/mol.